The van der Waals surface area contributed by atoms with E-state index in [-0.39, 0.29) is 18.0 Å². The van der Waals surface area contributed by atoms with E-state index in [1.54, 1.807) is 20.3 Å². The SMILES string of the molecule is COC[C@@H]1OC2(CCC(c3ccccc3)=CC2=O)O[C@H]1COC. The fourth-order valence-corrected chi connectivity index (χ4v) is 3.16. The van der Waals surface area contributed by atoms with E-state index in [2.05, 4.69) is 0 Å². The molecule has 2 aliphatic rings. The van der Waals surface area contributed by atoms with Crippen molar-refractivity contribution in [2.24, 2.45) is 0 Å². The molecule has 1 aliphatic carbocycles. The third kappa shape index (κ3) is 3.23. The zero-order valence-electron chi connectivity index (χ0n) is 13.5. The monoisotopic (exact) mass is 318 g/mol. The zero-order chi connectivity index (χ0) is 16.3. The summed E-state index contributed by atoms with van der Waals surface area (Å²) in [5.74, 6) is -1.33. The van der Waals surface area contributed by atoms with Gasteiger partial charge in [0.05, 0.1) is 13.2 Å². The molecule has 0 bridgehead atoms. The van der Waals surface area contributed by atoms with Crippen LogP contribution < -0.4 is 0 Å². The maximum absolute atomic E-state index is 12.7. The van der Waals surface area contributed by atoms with Crippen molar-refractivity contribution in [3.63, 3.8) is 0 Å². The van der Waals surface area contributed by atoms with Gasteiger partial charge in [-0.2, -0.15) is 0 Å². The van der Waals surface area contributed by atoms with E-state index in [1.165, 1.54) is 0 Å². The fourth-order valence-electron chi connectivity index (χ4n) is 3.16. The van der Waals surface area contributed by atoms with Crippen LogP contribution in [0.25, 0.3) is 5.57 Å². The van der Waals surface area contributed by atoms with Crippen LogP contribution in [0.15, 0.2) is 36.4 Å². The smallest absolute Gasteiger partial charge is 0.234 e. The van der Waals surface area contributed by atoms with Gasteiger partial charge in [0.25, 0.3) is 0 Å². The van der Waals surface area contributed by atoms with Crippen LogP contribution in [0.2, 0.25) is 0 Å². The minimum Gasteiger partial charge on any atom is -0.382 e. The van der Waals surface area contributed by atoms with Crippen molar-refractivity contribution in [1.82, 2.24) is 0 Å². The lowest BCUT2D eigenvalue weighted by atomic mass is 9.89. The molecule has 2 atom stereocenters. The summed E-state index contributed by atoms with van der Waals surface area (Å²) in [5, 5.41) is 0. The van der Waals surface area contributed by atoms with Gasteiger partial charge < -0.3 is 18.9 Å². The van der Waals surface area contributed by atoms with Gasteiger partial charge >= 0.3 is 0 Å². The molecule has 1 heterocycles. The van der Waals surface area contributed by atoms with Crippen molar-refractivity contribution >= 4 is 11.4 Å². The van der Waals surface area contributed by atoms with Gasteiger partial charge in [-0.3, -0.25) is 4.79 Å². The Hall–Kier alpha value is -1.53. The maximum Gasteiger partial charge on any atom is 0.234 e. The number of carbonyl (C=O) groups is 1. The molecule has 1 aliphatic heterocycles. The summed E-state index contributed by atoms with van der Waals surface area (Å²) < 4.78 is 22.3. The molecule has 5 heteroatoms. The van der Waals surface area contributed by atoms with E-state index in [1.807, 2.05) is 30.3 Å². The average Bonchev–Trinajstić information content (AvgIpc) is 2.91. The molecule has 0 aromatic heterocycles. The first-order valence-electron chi connectivity index (χ1n) is 7.82. The molecule has 0 amide bonds. The molecule has 5 nitrogen and oxygen atoms in total. The molecular weight excluding hydrogens is 296 g/mol. The van der Waals surface area contributed by atoms with Crippen LogP contribution >= 0.6 is 0 Å². The molecule has 1 spiro atoms. The van der Waals surface area contributed by atoms with Crippen molar-refractivity contribution in [2.75, 3.05) is 27.4 Å². The highest BCUT2D eigenvalue weighted by Gasteiger charge is 2.53. The van der Waals surface area contributed by atoms with E-state index in [9.17, 15) is 4.79 Å². The Bertz CT molecular complexity index is 566. The van der Waals surface area contributed by atoms with E-state index < -0.39 is 5.79 Å². The normalized spacial score (nSPS) is 26.5. The van der Waals surface area contributed by atoms with Crippen molar-refractivity contribution in [1.29, 1.82) is 0 Å². The van der Waals surface area contributed by atoms with Crippen LogP contribution in [0.3, 0.4) is 0 Å². The summed E-state index contributed by atoms with van der Waals surface area (Å²) >= 11 is 0. The number of ether oxygens (including phenoxy) is 4. The fraction of sp³-hybridized carbons (Fsp3) is 0.500. The van der Waals surface area contributed by atoms with Crippen LogP contribution in [0, 0.1) is 0 Å². The molecule has 0 N–H and O–H groups in total. The molecule has 23 heavy (non-hydrogen) atoms. The molecule has 3 rings (SSSR count). The van der Waals surface area contributed by atoms with Crippen LogP contribution in [0.4, 0.5) is 0 Å². The summed E-state index contributed by atoms with van der Waals surface area (Å²) in [7, 11) is 3.21. The lowest BCUT2D eigenvalue weighted by Crippen LogP contribution is -2.42. The highest BCUT2D eigenvalue weighted by molar-refractivity contribution is 6.03. The highest BCUT2D eigenvalue weighted by atomic mass is 16.8. The number of hydrogen-bond donors (Lipinski definition) is 0. The summed E-state index contributed by atoms with van der Waals surface area (Å²) in [5.41, 5.74) is 2.09. The molecule has 1 saturated heterocycles. The van der Waals surface area contributed by atoms with Gasteiger partial charge in [-0.15, -0.1) is 0 Å². The summed E-state index contributed by atoms with van der Waals surface area (Å²) in [6.45, 7) is 0.747. The Morgan fingerprint density at radius 2 is 1.70 bits per heavy atom. The number of methoxy groups -OCH3 is 2. The molecule has 1 aromatic carbocycles. The van der Waals surface area contributed by atoms with Crippen molar-refractivity contribution in [3.05, 3.63) is 42.0 Å². The lowest BCUT2D eigenvalue weighted by Gasteiger charge is -2.30. The highest BCUT2D eigenvalue weighted by Crippen LogP contribution is 2.40. The number of rotatable bonds is 5. The van der Waals surface area contributed by atoms with Gasteiger partial charge in [0.15, 0.2) is 0 Å². The Labute approximate surface area is 136 Å². The van der Waals surface area contributed by atoms with Gasteiger partial charge in [0, 0.05) is 20.6 Å². The number of carbonyl (C=O) groups excluding carboxylic acids is 1. The quantitative estimate of drug-likeness (QED) is 0.833. The Morgan fingerprint density at radius 3 is 2.22 bits per heavy atom. The van der Waals surface area contributed by atoms with Gasteiger partial charge in [-0.1, -0.05) is 30.3 Å². The predicted molar refractivity (Wildman–Crippen MR) is 84.9 cm³/mol. The molecule has 0 unspecified atom stereocenters. The van der Waals surface area contributed by atoms with Crippen LogP contribution in [-0.2, 0) is 23.7 Å². The number of hydrogen-bond acceptors (Lipinski definition) is 5. The van der Waals surface area contributed by atoms with Crippen molar-refractivity contribution < 1.29 is 23.7 Å². The van der Waals surface area contributed by atoms with Crippen LogP contribution in [0.1, 0.15) is 18.4 Å². The summed E-state index contributed by atoms with van der Waals surface area (Å²) in [6.07, 6.45) is 2.30. The van der Waals surface area contributed by atoms with E-state index in [0.717, 1.165) is 17.6 Å². The van der Waals surface area contributed by atoms with E-state index in [0.29, 0.717) is 19.6 Å². The number of allylic oxidation sites excluding steroid dienone is 1. The first kappa shape index (κ1) is 16.3. The van der Waals surface area contributed by atoms with Crippen LogP contribution in [-0.4, -0.2) is 51.2 Å². The standard InChI is InChI=1S/C18H22O5/c1-20-11-15-16(12-21-2)23-18(22-15)9-8-14(10-17(18)19)13-6-4-3-5-7-13/h3-7,10,15-16H,8-9,11-12H2,1-2H3/t15-,16-/m0/s1. The van der Waals surface area contributed by atoms with Crippen molar-refractivity contribution in [3.8, 4) is 0 Å². The first-order valence-corrected chi connectivity index (χ1v) is 7.82. The van der Waals surface area contributed by atoms with E-state index >= 15 is 0 Å². The minimum absolute atomic E-state index is 0.137. The number of benzene rings is 1. The second-order valence-electron chi connectivity index (χ2n) is 5.88. The molecule has 1 aromatic rings. The van der Waals surface area contributed by atoms with Gasteiger partial charge in [0.2, 0.25) is 11.6 Å². The van der Waals surface area contributed by atoms with E-state index in [4.69, 9.17) is 18.9 Å². The van der Waals surface area contributed by atoms with Gasteiger partial charge in [-0.05, 0) is 23.6 Å². The molecule has 124 valence electrons. The Balaban J connectivity index is 1.80. The van der Waals surface area contributed by atoms with Gasteiger partial charge in [-0.25, -0.2) is 0 Å². The topological polar surface area (TPSA) is 54.0 Å². The third-order valence-electron chi connectivity index (χ3n) is 4.31. The Kier molecular flexibility index (Phi) is 4.92. The minimum atomic E-state index is -1.19. The zero-order valence-corrected chi connectivity index (χ0v) is 13.5. The number of ketones is 1. The second-order valence-corrected chi connectivity index (χ2v) is 5.88. The van der Waals surface area contributed by atoms with Gasteiger partial charge in [0.1, 0.15) is 12.2 Å². The Morgan fingerprint density at radius 1 is 1.09 bits per heavy atom. The maximum atomic E-state index is 12.7. The predicted octanol–water partition coefficient (Wildman–Crippen LogP) is 2.21. The second kappa shape index (κ2) is 6.93. The molecule has 0 saturated carbocycles. The average molecular weight is 318 g/mol. The van der Waals surface area contributed by atoms with Crippen LogP contribution in [0.5, 0.6) is 0 Å². The third-order valence-corrected chi connectivity index (χ3v) is 4.31. The first-order chi connectivity index (χ1) is 11.2. The lowest BCUT2D eigenvalue weighted by molar-refractivity contribution is -0.190. The molecule has 1 fully saturated rings. The molecule has 0 radical (unpaired) electrons. The summed E-state index contributed by atoms with van der Waals surface area (Å²) in [4.78, 5) is 12.7. The largest absolute Gasteiger partial charge is 0.382 e. The van der Waals surface area contributed by atoms with Crippen molar-refractivity contribution in [2.45, 2.75) is 30.8 Å². The molecular formula is C18H22O5. The summed E-state index contributed by atoms with van der Waals surface area (Å²) in [6, 6.07) is 9.92.